The van der Waals surface area contributed by atoms with E-state index in [0.717, 1.165) is 5.56 Å². The lowest BCUT2D eigenvalue weighted by Crippen LogP contribution is -2.08. The lowest BCUT2D eigenvalue weighted by molar-refractivity contribution is 0.0468. The molecule has 0 aliphatic carbocycles. The molecule has 0 fully saturated rings. The fourth-order valence-corrected chi connectivity index (χ4v) is 2.16. The van der Waals surface area contributed by atoms with Crippen molar-refractivity contribution in [3.8, 4) is 23.3 Å². The van der Waals surface area contributed by atoms with Crippen molar-refractivity contribution >= 4 is 5.97 Å². The summed E-state index contributed by atoms with van der Waals surface area (Å²) in [5.41, 5.74) is 1.57. The maximum absolute atomic E-state index is 12.3. The van der Waals surface area contributed by atoms with Crippen molar-refractivity contribution < 1.29 is 23.7 Å². The Morgan fingerprint density at radius 3 is 2.17 bits per heavy atom. The molecule has 0 bridgehead atoms. The highest BCUT2D eigenvalue weighted by molar-refractivity contribution is 5.94. The zero-order valence-corrected chi connectivity index (χ0v) is 13.7. The van der Waals surface area contributed by atoms with Crippen LogP contribution >= 0.6 is 0 Å². The van der Waals surface area contributed by atoms with E-state index in [2.05, 4.69) is 0 Å². The maximum atomic E-state index is 12.3. The second kappa shape index (κ2) is 7.88. The third-order valence-corrected chi connectivity index (χ3v) is 3.38. The molecule has 0 spiro atoms. The van der Waals surface area contributed by atoms with Crippen LogP contribution in [0.4, 0.5) is 0 Å². The van der Waals surface area contributed by atoms with Crippen molar-refractivity contribution in [3.05, 3.63) is 53.1 Å². The minimum Gasteiger partial charge on any atom is -0.493 e. The summed E-state index contributed by atoms with van der Waals surface area (Å²) < 4.78 is 21.0. The molecule has 2 aromatic carbocycles. The SMILES string of the molecule is COc1ccc(C(=O)OCc2ccc(C#N)cc2)c(OC)c1OC. The molecule has 0 radical (unpaired) electrons. The smallest absolute Gasteiger partial charge is 0.342 e. The van der Waals surface area contributed by atoms with Gasteiger partial charge in [0, 0.05) is 0 Å². The number of nitrogens with zero attached hydrogens (tertiary/aromatic N) is 1. The number of carbonyl (C=O) groups excluding carboxylic acids is 1. The number of esters is 1. The summed E-state index contributed by atoms with van der Waals surface area (Å²) in [4.78, 5) is 12.3. The molecule has 2 aromatic rings. The minimum atomic E-state index is -0.544. The highest BCUT2D eigenvalue weighted by atomic mass is 16.5. The Hall–Kier alpha value is -3.20. The first-order valence-electron chi connectivity index (χ1n) is 7.09. The highest BCUT2D eigenvalue weighted by Crippen LogP contribution is 2.40. The number of carbonyl (C=O) groups is 1. The Balaban J connectivity index is 2.18. The van der Waals surface area contributed by atoms with Gasteiger partial charge in [-0.3, -0.25) is 0 Å². The molecule has 0 aromatic heterocycles. The fourth-order valence-electron chi connectivity index (χ4n) is 2.16. The van der Waals surface area contributed by atoms with Gasteiger partial charge in [-0.15, -0.1) is 0 Å². The molecule has 124 valence electrons. The minimum absolute atomic E-state index is 0.0854. The van der Waals surface area contributed by atoms with Crippen molar-refractivity contribution in [2.75, 3.05) is 21.3 Å². The number of benzene rings is 2. The number of methoxy groups -OCH3 is 3. The van der Waals surface area contributed by atoms with E-state index in [4.69, 9.17) is 24.2 Å². The molecule has 0 atom stereocenters. The van der Waals surface area contributed by atoms with Gasteiger partial charge in [-0.05, 0) is 29.8 Å². The number of nitriles is 1. The lowest BCUT2D eigenvalue weighted by Gasteiger charge is -2.15. The second-order valence-corrected chi connectivity index (χ2v) is 4.77. The Labute approximate surface area is 140 Å². The number of hydrogen-bond acceptors (Lipinski definition) is 6. The summed E-state index contributed by atoms with van der Waals surface area (Å²) in [6.07, 6.45) is 0. The van der Waals surface area contributed by atoms with Gasteiger partial charge < -0.3 is 18.9 Å². The Morgan fingerprint density at radius 1 is 0.958 bits per heavy atom. The van der Waals surface area contributed by atoms with Crippen molar-refractivity contribution in [1.82, 2.24) is 0 Å². The highest BCUT2D eigenvalue weighted by Gasteiger charge is 2.21. The first-order valence-corrected chi connectivity index (χ1v) is 7.09. The number of hydrogen-bond donors (Lipinski definition) is 0. The molecule has 6 nitrogen and oxygen atoms in total. The Kier molecular flexibility index (Phi) is 5.63. The third-order valence-electron chi connectivity index (χ3n) is 3.38. The lowest BCUT2D eigenvalue weighted by atomic mass is 10.1. The Bertz CT molecular complexity index is 762. The van der Waals surface area contributed by atoms with Crippen LogP contribution in [0.1, 0.15) is 21.5 Å². The van der Waals surface area contributed by atoms with Gasteiger partial charge in [0.15, 0.2) is 11.5 Å². The Morgan fingerprint density at radius 2 is 1.62 bits per heavy atom. The van der Waals surface area contributed by atoms with E-state index < -0.39 is 5.97 Å². The van der Waals surface area contributed by atoms with Crippen LogP contribution in [-0.2, 0) is 11.3 Å². The summed E-state index contributed by atoms with van der Waals surface area (Å²) >= 11 is 0. The third kappa shape index (κ3) is 3.58. The first kappa shape index (κ1) is 17.2. The van der Waals surface area contributed by atoms with Crippen molar-refractivity contribution in [3.63, 3.8) is 0 Å². The van der Waals surface area contributed by atoms with Gasteiger partial charge in [-0.1, -0.05) is 12.1 Å². The van der Waals surface area contributed by atoms with Crippen molar-refractivity contribution in [1.29, 1.82) is 5.26 Å². The quantitative estimate of drug-likeness (QED) is 0.759. The molecule has 0 N–H and O–H groups in total. The normalized spacial score (nSPS) is 9.75. The van der Waals surface area contributed by atoms with Crippen LogP contribution in [0.3, 0.4) is 0 Å². The van der Waals surface area contributed by atoms with Gasteiger partial charge in [-0.2, -0.15) is 5.26 Å². The zero-order valence-electron chi connectivity index (χ0n) is 13.7. The largest absolute Gasteiger partial charge is 0.493 e. The molecule has 24 heavy (non-hydrogen) atoms. The standard InChI is InChI=1S/C18H17NO5/c1-21-15-9-8-14(16(22-2)17(15)23-3)18(20)24-11-13-6-4-12(10-19)5-7-13/h4-9H,11H2,1-3H3. The van der Waals surface area contributed by atoms with E-state index in [-0.39, 0.29) is 17.9 Å². The van der Waals surface area contributed by atoms with Crippen LogP contribution in [-0.4, -0.2) is 27.3 Å². The topological polar surface area (TPSA) is 77.8 Å². The average Bonchev–Trinajstić information content (AvgIpc) is 2.64. The van der Waals surface area contributed by atoms with Crippen LogP contribution in [0, 0.1) is 11.3 Å². The predicted octanol–water partition coefficient (Wildman–Crippen LogP) is 2.94. The molecule has 0 amide bonds. The van der Waals surface area contributed by atoms with E-state index in [1.54, 1.807) is 36.4 Å². The van der Waals surface area contributed by atoms with Crippen LogP contribution in [0.15, 0.2) is 36.4 Å². The van der Waals surface area contributed by atoms with Gasteiger partial charge in [0.05, 0.1) is 33.0 Å². The molecule has 0 aliphatic heterocycles. The van der Waals surface area contributed by atoms with Crippen LogP contribution in [0.2, 0.25) is 0 Å². The van der Waals surface area contributed by atoms with E-state index in [0.29, 0.717) is 17.1 Å². The summed E-state index contributed by atoms with van der Waals surface area (Å²) in [5, 5.41) is 8.77. The number of rotatable bonds is 6. The maximum Gasteiger partial charge on any atom is 0.342 e. The van der Waals surface area contributed by atoms with E-state index in [9.17, 15) is 4.79 Å². The van der Waals surface area contributed by atoms with Gasteiger partial charge in [0.2, 0.25) is 5.75 Å². The van der Waals surface area contributed by atoms with Gasteiger partial charge >= 0.3 is 5.97 Å². The monoisotopic (exact) mass is 327 g/mol. The van der Waals surface area contributed by atoms with Gasteiger partial charge in [-0.25, -0.2) is 4.79 Å². The summed E-state index contributed by atoms with van der Waals surface area (Å²) in [7, 11) is 4.40. The van der Waals surface area contributed by atoms with E-state index >= 15 is 0 Å². The summed E-state index contributed by atoms with van der Waals surface area (Å²) in [6.45, 7) is 0.0854. The average molecular weight is 327 g/mol. The summed E-state index contributed by atoms with van der Waals surface area (Å²) in [6, 6.07) is 12.0. The molecule has 6 heteroatoms. The fraction of sp³-hybridized carbons (Fsp3) is 0.222. The molecule has 0 heterocycles. The number of ether oxygens (including phenoxy) is 4. The molecule has 0 saturated heterocycles. The van der Waals surface area contributed by atoms with Crippen molar-refractivity contribution in [2.45, 2.75) is 6.61 Å². The second-order valence-electron chi connectivity index (χ2n) is 4.77. The molecule has 0 saturated carbocycles. The first-order chi connectivity index (χ1) is 11.6. The van der Waals surface area contributed by atoms with Crippen LogP contribution < -0.4 is 14.2 Å². The molecule has 2 rings (SSSR count). The van der Waals surface area contributed by atoms with Crippen LogP contribution in [0.25, 0.3) is 0 Å². The van der Waals surface area contributed by atoms with Crippen molar-refractivity contribution in [2.24, 2.45) is 0 Å². The predicted molar refractivity (Wildman–Crippen MR) is 86.4 cm³/mol. The molecule has 0 aliphatic rings. The van der Waals surface area contributed by atoms with Gasteiger partial charge in [0.1, 0.15) is 12.2 Å². The molecule has 0 unspecified atom stereocenters. The zero-order chi connectivity index (χ0) is 17.5. The van der Waals surface area contributed by atoms with Crippen LogP contribution in [0.5, 0.6) is 17.2 Å². The van der Waals surface area contributed by atoms with E-state index in [1.165, 1.54) is 21.3 Å². The molecular weight excluding hydrogens is 310 g/mol. The summed E-state index contributed by atoms with van der Waals surface area (Å²) in [5.74, 6) is 0.490. The molecular formula is C18H17NO5. The van der Waals surface area contributed by atoms with E-state index in [1.807, 2.05) is 6.07 Å². The van der Waals surface area contributed by atoms with Gasteiger partial charge in [0.25, 0.3) is 0 Å².